The summed E-state index contributed by atoms with van der Waals surface area (Å²) in [6, 6.07) is 8.21. The van der Waals surface area contributed by atoms with Crippen LogP contribution in [0.4, 0.5) is 5.69 Å². The quantitative estimate of drug-likeness (QED) is 0.774. The minimum absolute atomic E-state index is 0.320. The van der Waals surface area contributed by atoms with Crippen LogP contribution >= 0.6 is 0 Å². The predicted octanol–water partition coefficient (Wildman–Crippen LogP) is 2.89. The zero-order valence-corrected chi connectivity index (χ0v) is 11.0. The summed E-state index contributed by atoms with van der Waals surface area (Å²) in [5, 5.41) is 18.8. The summed E-state index contributed by atoms with van der Waals surface area (Å²) in [6.07, 6.45) is 5.74. The Kier molecular flexibility index (Phi) is 2.93. The van der Waals surface area contributed by atoms with Gasteiger partial charge in [0.05, 0.1) is 16.8 Å². The first-order valence-electron chi connectivity index (χ1n) is 6.69. The lowest BCUT2D eigenvalue weighted by Crippen LogP contribution is -2.12. The Morgan fingerprint density at radius 3 is 2.35 bits per heavy atom. The lowest BCUT2D eigenvalue weighted by atomic mass is 9.81. The van der Waals surface area contributed by atoms with Crippen molar-refractivity contribution in [1.29, 1.82) is 10.5 Å². The van der Waals surface area contributed by atoms with Crippen LogP contribution in [0.1, 0.15) is 35.1 Å². The number of nitriles is 2. The van der Waals surface area contributed by atoms with E-state index < -0.39 is 0 Å². The molecule has 0 fully saturated rings. The molecule has 0 saturated carbocycles. The van der Waals surface area contributed by atoms with Crippen LogP contribution in [0, 0.1) is 22.7 Å². The third-order valence-corrected chi connectivity index (χ3v) is 3.95. The van der Waals surface area contributed by atoms with E-state index in [0.717, 1.165) is 48.1 Å². The van der Waals surface area contributed by atoms with E-state index in [1.165, 1.54) is 0 Å². The number of nitrogens with two attached hydrogens (primary N) is 1. The fraction of sp³-hybridized carbons (Fsp3) is 0.250. The molecular formula is C16H14N4. The van der Waals surface area contributed by atoms with Crippen LogP contribution in [0.25, 0.3) is 11.3 Å². The van der Waals surface area contributed by atoms with Gasteiger partial charge in [0.25, 0.3) is 0 Å². The maximum absolute atomic E-state index is 9.47. The molecule has 0 amide bonds. The lowest BCUT2D eigenvalue weighted by molar-refractivity contribution is 0.685. The van der Waals surface area contributed by atoms with Crippen molar-refractivity contribution in [3.63, 3.8) is 0 Å². The summed E-state index contributed by atoms with van der Waals surface area (Å²) in [5.74, 6) is 0. The second kappa shape index (κ2) is 4.75. The highest BCUT2D eigenvalue weighted by molar-refractivity contribution is 5.83. The van der Waals surface area contributed by atoms with Crippen LogP contribution in [0.2, 0.25) is 0 Å². The number of H-pyrrole nitrogens is 1. The van der Waals surface area contributed by atoms with Crippen molar-refractivity contribution in [1.82, 2.24) is 4.98 Å². The van der Waals surface area contributed by atoms with Gasteiger partial charge in [0.2, 0.25) is 0 Å². The fourth-order valence-electron chi connectivity index (χ4n) is 3.06. The van der Waals surface area contributed by atoms with Crippen LogP contribution in [0.3, 0.4) is 0 Å². The van der Waals surface area contributed by atoms with Gasteiger partial charge in [0.1, 0.15) is 12.1 Å². The third kappa shape index (κ3) is 1.66. The SMILES string of the molecule is N#Cc1c(N)c(C#N)c(-c2ccc[nH]2)c2c1CCCC2. The number of fused-ring (bicyclic) bond motifs is 1. The fourth-order valence-corrected chi connectivity index (χ4v) is 3.06. The Labute approximate surface area is 117 Å². The van der Waals surface area contributed by atoms with Crippen LogP contribution in [-0.4, -0.2) is 4.98 Å². The molecule has 1 aliphatic carbocycles. The number of benzene rings is 1. The van der Waals surface area contributed by atoms with Gasteiger partial charge in [-0.1, -0.05) is 0 Å². The number of nitrogens with one attached hydrogen (secondary N) is 1. The van der Waals surface area contributed by atoms with Crippen LogP contribution in [-0.2, 0) is 12.8 Å². The van der Waals surface area contributed by atoms with Crippen LogP contribution in [0.15, 0.2) is 18.3 Å². The highest BCUT2D eigenvalue weighted by atomic mass is 14.7. The number of rotatable bonds is 1. The van der Waals surface area contributed by atoms with E-state index in [9.17, 15) is 10.5 Å². The number of hydrogen-bond donors (Lipinski definition) is 2. The van der Waals surface area contributed by atoms with Gasteiger partial charge < -0.3 is 10.7 Å². The number of aromatic amines is 1. The summed E-state index contributed by atoms with van der Waals surface area (Å²) in [6.45, 7) is 0. The average molecular weight is 262 g/mol. The van der Waals surface area contributed by atoms with E-state index in [1.807, 2.05) is 18.3 Å². The zero-order valence-electron chi connectivity index (χ0n) is 11.0. The highest BCUT2D eigenvalue weighted by Gasteiger charge is 2.25. The first-order chi connectivity index (χ1) is 9.77. The van der Waals surface area contributed by atoms with Gasteiger partial charge in [0, 0.05) is 17.5 Å². The minimum Gasteiger partial charge on any atom is -0.397 e. The third-order valence-electron chi connectivity index (χ3n) is 3.95. The second-order valence-corrected chi connectivity index (χ2v) is 5.01. The Morgan fingerprint density at radius 2 is 1.75 bits per heavy atom. The van der Waals surface area contributed by atoms with E-state index in [4.69, 9.17) is 5.73 Å². The molecule has 1 aromatic heterocycles. The minimum atomic E-state index is 0.320. The Balaban J connectivity index is 2.42. The summed E-state index contributed by atoms with van der Waals surface area (Å²) >= 11 is 0. The standard InChI is InChI=1S/C16H14N4/c17-8-12-10-4-1-2-5-11(10)15(13(9-18)16(12)19)14-6-3-7-20-14/h3,6-7,20H,1-2,4-5,19H2. The maximum Gasteiger partial charge on any atom is 0.102 e. The summed E-state index contributed by atoms with van der Waals surface area (Å²) in [7, 11) is 0. The van der Waals surface area contributed by atoms with Crippen molar-refractivity contribution in [2.24, 2.45) is 0 Å². The second-order valence-electron chi connectivity index (χ2n) is 5.01. The largest absolute Gasteiger partial charge is 0.397 e. The van der Waals surface area contributed by atoms with Crippen molar-refractivity contribution < 1.29 is 0 Å². The van der Waals surface area contributed by atoms with Gasteiger partial charge in [0.15, 0.2) is 0 Å². The molecule has 1 aromatic carbocycles. The average Bonchev–Trinajstić information content (AvgIpc) is 3.00. The zero-order chi connectivity index (χ0) is 14.1. The van der Waals surface area contributed by atoms with Crippen molar-refractivity contribution in [3.8, 4) is 23.4 Å². The number of hydrogen-bond acceptors (Lipinski definition) is 3. The Hall–Kier alpha value is -2.72. The summed E-state index contributed by atoms with van der Waals surface area (Å²) in [5.41, 5.74) is 11.2. The van der Waals surface area contributed by atoms with Crippen LogP contribution in [0.5, 0.6) is 0 Å². The molecule has 0 atom stereocenters. The monoisotopic (exact) mass is 262 g/mol. The molecule has 98 valence electrons. The van der Waals surface area contributed by atoms with Crippen molar-refractivity contribution in [2.45, 2.75) is 25.7 Å². The molecule has 1 aliphatic rings. The molecule has 0 bridgehead atoms. The van der Waals surface area contributed by atoms with Crippen molar-refractivity contribution >= 4 is 5.69 Å². The molecule has 20 heavy (non-hydrogen) atoms. The molecule has 2 aromatic rings. The summed E-state index contributed by atoms with van der Waals surface area (Å²) in [4.78, 5) is 3.15. The van der Waals surface area contributed by atoms with Gasteiger partial charge in [-0.3, -0.25) is 0 Å². The normalized spacial score (nSPS) is 13.3. The molecular weight excluding hydrogens is 248 g/mol. The molecule has 0 radical (unpaired) electrons. The molecule has 3 rings (SSSR count). The topological polar surface area (TPSA) is 89.4 Å². The van der Waals surface area contributed by atoms with Gasteiger partial charge in [-0.15, -0.1) is 0 Å². The van der Waals surface area contributed by atoms with Crippen LogP contribution < -0.4 is 5.73 Å². The Morgan fingerprint density at radius 1 is 1.05 bits per heavy atom. The smallest absolute Gasteiger partial charge is 0.102 e. The molecule has 0 unspecified atom stereocenters. The molecule has 4 nitrogen and oxygen atoms in total. The van der Waals surface area contributed by atoms with Crippen molar-refractivity contribution in [3.05, 3.63) is 40.6 Å². The number of aromatic nitrogens is 1. The predicted molar refractivity (Wildman–Crippen MR) is 76.7 cm³/mol. The molecule has 3 N–H and O–H groups in total. The van der Waals surface area contributed by atoms with E-state index in [2.05, 4.69) is 17.1 Å². The highest BCUT2D eigenvalue weighted by Crippen LogP contribution is 2.39. The lowest BCUT2D eigenvalue weighted by Gasteiger charge is -2.23. The first kappa shape index (κ1) is 12.3. The van der Waals surface area contributed by atoms with E-state index in [-0.39, 0.29) is 0 Å². The van der Waals surface area contributed by atoms with E-state index >= 15 is 0 Å². The number of anilines is 1. The first-order valence-corrected chi connectivity index (χ1v) is 6.69. The van der Waals surface area contributed by atoms with E-state index in [1.54, 1.807) is 0 Å². The summed E-state index contributed by atoms with van der Waals surface area (Å²) < 4.78 is 0. The van der Waals surface area contributed by atoms with E-state index in [0.29, 0.717) is 16.8 Å². The van der Waals surface area contributed by atoms with Crippen molar-refractivity contribution in [2.75, 3.05) is 5.73 Å². The number of nitrogen functional groups attached to an aromatic ring is 1. The number of nitrogens with zero attached hydrogens (tertiary/aromatic N) is 2. The van der Waals surface area contributed by atoms with Gasteiger partial charge in [-0.05, 0) is 48.9 Å². The maximum atomic E-state index is 9.47. The molecule has 4 heteroatoms. The molecule has 1 heterocycles. The molecule has 0 aliphatic heterocycles. The van der Waals surface area contributed by atoms with Gasteiger partial charge >= 0.3 is 0 Å². The molecule has 0 spiro atoms. The Bertz CT molecular complexity index is 743. The van der Waals surface area contributed by atoms with Gasteiger partial charge in [-0.2, -0.15) is 10.5 Å². The molecule has 0 saturated heterocycles. The van der Waals surface area contributed by atoms with Gasteiger partial charge in [-0.25, -0.2) is 0 Å².